The maximum atomic E-state index is 14.3. The molecule has 0 aliphatic carbocycles. The molecule has 0 aromatic heterocycles. The topological polar surface area (TPSA) is 71.2 Å². The zero-order valence-electron chi connectivity index (χ0n) is 21.4. The average molecular weight is 510 g/mol. The molecule has 0 bridgehead atoms. The van der Waals surface area contributed by atoms with E-state index in [-0.39, 0.29) is 75.0 Å². The van der Waals surface area contributed by atoms with E-state index in [9.17, 15) is 13.6 Å². The van der Waals surface area contributed by atoms with E-state index in [1.807, 2.05) is 32.8 Å². The van der Waals surface area contributed by atoms with Crippen molar-refractivity contribution >= 4 is 23.5 Å². The number of hydrogen-bond acceptors (Lipinski definition) is 4. The SMILES string of the molecule is C=C(/C=C\C(=O)N(C)Cc1cc[c-]c(N=[C-]N)c1)c1cc(F)c(OCCN(C)C)c(F)c1.CC.[K+]. The number of nitrogens with two attached hydrogens (primary N) is 1. The molecule has 0 radical (unpaired) electrons. The number of carbonyl (C=O) groups is 1. The van der Waals surface area contributed by atoms with Gasteiger partial charge in [-0.2, -0.15) is 17.7 Å². The van der Waals surface area contributed by atoms with Crippen molar-refractivity contribution < 1.29 is 69.7 Å². The number of aliphatic imine (C=N–C) groups is 1. The van der Waals surface area contributed by atoms with Gasteiger partial charge in [-0.25, -0.2) is 20.5 Å². The van der Waals surface area contributed by atoms with Gasteiger partial charge in [-0.05, 0) is 43.4 Å². The molecule has 2 N–H and O–H groups in total. The minimum atomic E-state index is -0.828. The van der Waals surface area contributed by atoms with Gasteiger partial charge in [0, 0.05) is 26.2 Å². The van der Waals surface area contributed by atoms with Crippen LogP contribution in [-0.2, 0) is 11.3 Å². The number of likely N-dealkylation sites (N-methyl/N-ethyl adjacent to an activating group) is 2. The fraction of sp³-hybridized carbons (Fsp3) is 0.308. The van der Waals surface area contributed by atoms with Gasteiger partial charge in [-0.3, -0.25) is 10.9 Å². The number of allylic oxidation sites excluding steroid dienone is 2. The first kappa shape index (κ1) is 33.1. The standard InChI is InChI=1S/C24H26F2N4O2.C2H6.K/c1-17(19-13-21(25)24(22(26)14-19)32-11-10-29(2)3)8-9-23(31)30(4)15-18-6-5-7-20(12-18)28-16-27;1-2;/h5-6,8-9,12-14H,1,10-11,15H2,2-4H3,(H2,27,28);1-2H3;/q-2;;+1/b9-8-;;. The molecule has 184 valence electrons. The maximum Gasteiger partial charge on any atom is 1.00 e. The molecule has 2 aromatic rings. The summed E-state index contributed by atoms with van der Waals surface area (Å²) in [5.41, 5.74) is 7.00. The van der Waals surface area contributed by atoms with Crippen molar-refractivity contribution in [2.45, 2.75) is 20.4 Å². The predicted octanol–water partition coefficient (Wildman–Crippen LogP) is 1.46. The largest absolute Gasteiger partial charge is 1.00 e. The van der Waals surface area contributed by atoms with E-state index in [1.165, 1.54) is 17.1 Å². The minimum Gasteiger partial charge on any atom is -0.486 e. The Hall–Kier alpha value is -1.88. The van der Waals surface area contributed by atoms with Crippen molar-refractivity contribution in [3.63, 3.8) is 0 Å². The van der Waals surface area contributed by atoms with E-state index >= 15 is 0 Å². The molecule has 35 heavy (non-hydrogen) atoms. The third-order valence-corrected chi connectivity index (χ3v) is 4.41. The van der Waals surface area contributed by atoms with Gasteiger partial charge < -0.3 is 25.3 Å². The Kier molecular flexibility index (Phi) is 16.6. The van der Waals surface area contributed by atoms with Gasteiger partial charge in [0.1, 0.15) is 6.61 Å². The Labute approximate surface area is 250 Å². The summed E-state index contributed by atoms with van der Waals surface area (Å²) in [5.74, 6) is -2.39. The van der Waals surface area contributed by atoms with Gasteiger partial charge >= 0.3 is 51.4 Å². The van der Waals surface area contributed by atoms with E-state index in [2.05, 4.69) is 24.0 Å². The van der Waals surface area contributed by atoms with Crippen molar-refractivity contribution in [1.29, 1.82) is 0 Å². The molecule has 0 saturated heterocycles. The molecule has 0 spiro atoms. The van der Waals surface area contributed by atoms with Crippen molar-refractivity contribution in [2.75, 3.05) is 34.3 Å². The summed E-state index contributed by atoms with van der Waals surface area (Å²) >= 11 is 0. The molecule has 9 heteroatoms. The molecule has 0 unspecified atom stereocenters. The average Bonchev–Trinajstić information content (AvgIpc) is 2.80. The Bertz CT molecular complexity index is 1000. The summed E-state index contributed by atoms with van der Waals surface area (Å²) in [4.78, 5) is 19.6. The van der Waals surface area contributed by atoms with Crippen LogP contribution in [0, 0.1) is 17.7 Å². The van der Waals surface area contributed by atoms with Crippen LogP contribution in [-0.4, -0.2) is 56.3 Å². The van der Waals surface area contributed by atoms with Crippen LogP contribution in [0.5, 0.6) is 5.75 Å². The molecule has 0 aliphatic rings. The molecule has 2 aromatic carbocycles. The second-order valence-corrected chi connectivity index (χ2v) is 7.30. The molecule has 1 amide bonds. The summed E-state index contributed by atoms with van der Waals surface area (Å²) in [7, 11) is 5.29. The number of hydrogen-bond donors (Lipinski definition) is 1. The van der Waals surface area contributed by atoms with Gasteiger partial charge in [0.25, 0.3) is 0 Å². The van der Waals surface area contributed by atoms with Crippen molar-refractivity contribution in [3.8, 4) is 5.75 Å². The number of rotatable bonds is 10. The second-order valence-electron chi connectivity index (χ2n) is 7.30. The number of ether oxygens (including phenoxy) is 1. The maximum absolute atomic E-state index is 14.3. The molecule has 0 fully saturated rings. The number of benzene rings is 2. The number of nitrogens with zero attached hydrogens (tertiary/aromatic N) is 3. The molecular weight excluding hydrogens is 477 g/mol. The zero-order chi connectivity index (χ0) is 25.7. The first-order valence-corrected chi connectivity index (χ1v) is 10.8. The van der Waals surface area contributed by atoms with E-state index in [1.54, 1.807) is 25.2 Å². The number of amides is 1. The Balaban J connectivity index is 0.00000375. The Morgan fingerprint density at radius 3 is 2.40 bits per heavy atom. The smallest absolute Gasteiger partial charge is 0.486 e. The van der Waals surface area contributed by atoms with Crippen LogP contribution in [0.2, 0.25) is 0 Å². The van der Waals surface area contributed by atoms with Gasteiger partial charge in [0.15, 0.2) is 17.4 Å². The van der Waals surface area contributed by atoms with Crippen LogP contribution in [0.15, 0.2) is 54.1 Å². The number of carbonyl (C=O) groups excluding carboxylic acids is 1. The monoisotopic (exact) mass is 509 g/mol. The molecule has 2 rings (SSSR count). The predicted molar refractivity (Wildman–Crippen MR) is 133 cm³/mol. The zero-order valence-corrected chi connectivity index (χ0v) is 24.5. The minimum absolute atomic E-state index is 0. The summed E-state index contributed by atoms with van der Waals surface area (Å²) in [6.45, 7) is 8.79. The third-order valence-electron chi connectivity index (χ3n) is 4.41. The fourth-order valence-corrected chi connectivity index (χ4v) is 2.69. The van der Waals surface area contributed by atoms with Crippen molar-refractivity contribution in [1.82, 2.24) is 9.80 Å². The number of halogens is 2. The molecule has 0 saturated carbocycles. The molecule has 6 nitrogen and oxygen atoms in total. The van der Waals surface area contributed by atoms with Gasteiger partial charge in [0.05, 0.1) is 0 Å². The van der Waals surface area contributed by atoms with Crippen molar-refractivity contribution in [2.24, 2.45) is 10.7 Å². The normalized spacial score (nSPS) is 10.6. The molecule has 0 aliphatic heterocycles. The quantitative estimate of drug-likeness (QED) is 0.100. The summed E-state index contributed by atoms with van der Waals surface area (Å²) in [5, 5.41) is 0. The summed E-state index contributed by atoms with van der Waals surface area (Å²) in [6, 6.07) is 10.4. The van der Waals surface area contributed by atoms with Gasteiger partial charge in [0.2, 0.25) is 5.91 Å². The molecule has 0 atom stereocenters. The van der Waals surface area contributed by atoms with Crippen LogP contribution in [0.25, 0.3) is 5.57 Å². The Morgan fingerprint density at radius 2 is 1.83 bits per heavy atom. The van der Waals surface area contributed by atoms with Crippen LogP contribution in [0.3, 0.4) is 0 Å². The molecule has 0 heterocycles. The van der Waals surface area contributed by atoms with E-state index in [0.717, 1.165) is 17.7 Å². The fourth-order valence-electron chi connectivity index (χ4n) is 2.69. The van der Waals surface area contributed by atoms with Crippen LogP contribution >= 0.6 is 0 Å². The van der Waals surface area contributed by atoms with E-state index < -0.39 is 17.4 Å². The van der Waals surface area contributed by atoms with Crippen molar-refractivity contribution in [3.05, 3.63) is 77.9 Å². The second kappa shape index (κ2) is 17.5. The van der Waals surface area contributed by atoms with Gasteiger partial charge in [-0.1, -0.05) is 26.8 Å². The van der Waals surface area contributed by atoms with E-state index in [4.69, 9.17) is 10.5 Å². The van der Waals surface area contributed by atoms with Crippen LogP contribution < -0.4 is 61.9 Å². The van der Waals surface area contributed by atoms with E-state index in [0.29, 0.717) is 18.8 Å². The van der Waals surface area contributed by atoms with Gasteiger partial charge in [-0.15, -0.1) is 0 Å². The first-order valence-electron chi connectivity index (χ1n) is 10.8. The summed E-state index contributed by atoms with van der Waals surface area (Å²) < 4.78 is 33.8. The molecular formula is C26H32F2KN4O2-. The Morgan fingerprint density at radius 1 is 1.20 bits per heavy atom. The van der Waals surface area contributed by atoms with Crippen LogP contribution in [0.4, 0.5) is 14.5 Å². The van der Waals surface area contributed by atoms with Crippen LogP contribution in [0.1, 0.15) is 25.0 Å². The summed E-state index contributed by atoms with van der Waals surface area (Å²) in [6.07, 6.45) is 4.90. The first-order chi connectivity index (χ1) is 16.2. The third kappa shape index (κ3) is 11.6.